The number of anilines is 1. The highest BCUT2D eigenvalue weighted by Gasteiger charge is 2.11. The SMILES string of the molecule is Cc1ccsc1C1=NC=Cc2ccccc2N1. The number of fused-ring (bicyclic) bond motifs is 1. The normalized spacial score (nSPS) is 13.6. The van der Waals surface area contributed by atoms with Crippen LogP contribution in [-0.2, 0) is 0 Å². The molecule has 1 aliphatic heterocycles. The zero-order valence-electron chi connectivity index (χ0n) is 9.47. The van der Waals surface area contributed by atoms with Gasteiger partial charge in [-0.05, 0) is 41.6 Å². The fourth-order valence-corrected chi connectivity index (χ4v) is 2.72. The number of aliphatic imine (C=N–C) groups is 1. The van der Waals surface area contributed by atoms with Crippen molar-refractivity contribution in [2.45, 2.75) is 6.92 Å². The van der Waals surface area contributed by atoms with Gasteiger partial charge in [-0.25, -0.2) is 4.99 Å². The lowest BCUT2D eigenvalue weighted by atomic mass is 10.1. The Labute approximate surface area is 104 Å². The zero-order valence-corrected chi connectivity index (χ0v) is 10.3. The maximum Gasteiger partial charge on any atom is 0.147 e. The predicted octanol–water partition coefficient (Wildman–Crippen LogP) is 3.90. The Balaban J connectivity index is 2.04. The summed E-state index contributed by atoms with van der Waals surface area (Å²) in [4.78, 5) is 5.68. The Kier molecular flexibility index (Phi) is 2.53. The van der Waals surface area contributed by atoms with Gasteiger partial charge in [0, 0.05) is 11.9 Å². The highest BCUT2D eigenvalue weighted by molar-refractivity contribution is 7.12. The van der Waals surface area contributed by atoms with Crippen molar-refractivity contribution in [3.63, 3.8) is 0 Å². The van der Waals surface area contributed by atoms with Crippen molar-refractivity contribution in [2.24, 2.45) is 4.99 Å². The molecule has 0 atom stereocenters. The van der Waals surface area contributed by atoms with Gasteiger partial charge < -0.3 is 5.32 Å². The van der Waals surface area contributed by atoms with Crippen LogP contribution in [0, 0.1) is 6.92 Å². The monoisotopic (exact) mass is 240 g/mol. The summed E-state index contributed by atoms with van der Waals surface area (Å²) >= 11 is 1.71. The van der Waals surface area contributed by atoms with E-state index in [2.05, 4.69) is 40.8 Å². The van der Waals surface area contributed by atoms with Crippen LogP contribution in [0.25, 0.3) is 6.08 Å². The Hall–Kier alpha value is -1.87. The maximum absolute atomic E-state index is 4.48. The minimum atomic E-state index is 0.929. The third kappa shape index (κ3) is 1.89. The van der Waals surface area contributed by atoms with E-state index in [1.807, 2.05) is 24.4 Å². The molecular weight excluding hydrogens is 228 g/mol. The van der Waals surface area contributed by atoms with Crippen molar-refractivity contribution >= 4 is 28.9 Å². The minimum Gasteiger partial charge on any atom is -0.339 e. The Morgan fingerprint density at radius 1 is 1.18 bits per heavy atom. The number of aryl methyl sites for hydroxylation is 1. The lowest BCUT2D eigenvalue weighted by Crippen LogP contribution is -2.12. The lowest BCUT2D eigenvalue weighted by Gasteiger charge is -2.09. The van der Waals surface area contributed by atoms with Crippen LogP contribution in [-0.4, -0.2) is 5.84 Å². The van der Waals surface area contributed by atoms with Gasteiger partial charge in [0.05, 0.1) is 4.88 Å². The molecule has 0 saturated carbocycles. The van der Waals surface area contributed by atoms with E-state index in [-0.39, 0.29) is 0 Å². The van der Waals surface area contributed by atoms with Crippen molar-refractivity contribution in [1.29, 1.82) is 0 Å². The van der Waals surface area contributed by atoms with E-state index >= 15 is 0 Å². The van der Waals surface area contributed by atoms with Crippen molar-refractivity contribution in [1.82, 2.24) is 0 Å². The van der Waals surface area contributed by atoms with Crippen LogP contribution in [0.2, 0.25) is 0 Å². The number of nitrogens with one attached hydrogen (secondary N) is 1. The molecule has 0 radical (unpaired) electrons. The molecule has 2 heterocycles. The zero-order chi connectivity index (χ0) is 11.7. The van der Waals surface area contributed by atoms with E-state index in [0.717, 1.165) is 11.5 Å². The van der Waals surface area contributed by atoms with Crippen molar-refractivity contribution in [2.75, 3.05) is 5.32 Å². The van der Waals surface area contributed by atoms with Crippen LogP contribution in [0.4, 0.5) is 5.69 Å². The second-order valence-electron chi connectivity index (χ2n) is 3.94. The van der Waals surface area contributed by atoms with Crippen molar-refractivity contribution in [3.8, 4) is 0 Å². The molecule has 1 aliphatic rings. The predicted molar refractivity (Wildman–Crippen MR) is 74.7 cm³/mol. The van der Waals surface area contributed by atoms with Crippen LogP contribution in [0.3, 0.4) is 0 Å². The fraction of sp³-hybridized carbons (Fsp3) is 0.0714. The summed E-state index contributed by atoms with van der Waals surface area (Å²) < 4.78 is 0. The summed E-state index contributed by atoms with van der Waals surface area (Å²) in [5.41, 5.74) is 3.53. The molecule has 3 rings (SSSR count). The summed E-state index contributed by atoms with van der Waals surface area (Å²) in [6, 6.07) is 10.3. The molecule has 1 aromatic carbocycles. The van der Waals surface area contributed by atoms with Gasteiger partial charge in [0.15, 0.2) is 0 Å². The van der Waals surface area contributed by atoms with Crippen LogP contribution in [0.5, 0.6) is 0 Å². The number of benzene rings is 1. The van der Waals surface area contributed by atoms with Crippen molar-refractivity contribution in [3.05, 3.63) is 57.9 Å². The number of hydrogen-bond acceptors (Lipinski definition) is 3. The van der Waals surface area contributed by atoms with E-state index in [1.54, 1.807) is 11.3 Å². The minimum absolute atomic E-state index is 0.929. The summed E-state index contributed by atoms with van der Waals surface area (Å²) in [5, 5.41) is 5.49. The first-order chi connectivity index (χ1) is 8.34. The first kappa shape index (κ1) is 10.3. The first-order valence-corrected chi connectivity index (χ1v) is 6.37. The van der Waals surface area contributed by atoms with Gasteiger partial charge in [-0.3, -0.25) is 0 Å². The average molecular weight is 240 g/mol. The molecule has 2 nitrogen and oxygen atoms in total. The van der Waals surface area contributed by atoms with Crippen LogP contribution in [0.1, 0.15) is 16.0 Å². The van der Waals surface area contributed by atoms with E-state index < -0.39 is 0 Å². The number of nitrogens with zero attached hydrogens (tertiary/aromatic N) is 1. The number of para-hydroxylation sites is 1. The molecule has 0 aliphatic carbocycles. The third-order valence-electron chi connectivity index (χ3n) is 2.75. The molecule has 0 amide bonds. The van der Waals surface area contributed by atoms with Gasteiger partial charge in [-0.2, -0.15) is 0 Å². The fourth-order valence-electron chi connectivity index (χ4n) is 1.84. The van der Waals surface area contributed by atoms with E-state index in [9.17, 15) is 0 Å². The third-order valence-corrected chi connectivity index (χ3v) is 3.77. The lowest BCUT2D eigenvalue weighted by molar-refractivity contribution is 1.48. The molecule has 0 spiro atoms. The number of hydrogen-bond donors (Lipinski definition) is 1. The molecule has 84 valence electrons. The molecule has 17 heavy (non-hydrogen) atoms. The van der Waals surface area contributed by atoms with Crippen LogP contribution >= 0.6 is 11.3 Å². The topological polar surface area (TPSA) is 24.4 Å². The Morgan fingerprint density at radius 3 is 2.88 bits per heavy atom. The summed E-state index contributed by atoms with van der Waals surface area (Å²) in [6.45, 7) is 2.11. The van der Waals surface area contributed by atoms with Crippen LogP contribution < -0.4 is 5.32 Å². The highest BCUT2D eigenvalue weighted by Crippen LogP contribution is 2.23. The molecule has 0 unspecified atom stereocenters. The van der Waals surface area contributed by atoms with E-state index in [4.69, 9.17) is 0 Å². The first-order valence-electron chi connectivity index (χ1n) is 5.49. The van der Waals surface area contributed by atoms with Crippen molar-refractivity contribution < 1.29 is 0 Å². The summed E-state index contributed by atoms with van der Waals surface area (Å²) in [6.07, 6.45) is 3.88. The van der Waals surface area contributed by atoms with E-state index in [1.165, 1.54) is 16.0 Å². The summed E-state index contributed by atoms with van der Waals surface area (Å²) in [7, 11) is 0. The molecule has 1 aromatic heterocycles. The smallest absolute Gasteiger partial charge is 0.147 e. The Morgan fingerprint density at radius 2 is 2.06 bits per heavy atom. The van der Waals surface area contributed by atoms with Gasteiger partial charge >= 0.3 is 0 Å². The standard InChI is InChI=1S/C14H12N2S/c1-10-7-9-17-13(10)14-15-8-6-11-4-2-3-5-12(11)16-14/h2-9H,1H3,(H,15,16). The largest absolute Gasteiger partial charge is 0.339 e. The van der Waals surface area contributed by atoms with Crippen LogP contribution in [0.15, 0.2) is 46.9 Å². The highest BCUT2D eigenvalue weighted by atomic mass is 32.1. The summed E-state index contributed by atoms with van der Waals surface area (Å²) in [5.74, 6) is 0.929. The van der Waals surface area contributed by atoms with Gasteiger partial charge in [0.25, 0.3) is 0 Å². The molecule has 0 bridgehead atoms. The molecule has 2 aromatic rings. The number of amidine groups is 1. The molecular formula is C14H12N2S. The van der Waals surface area contributed by atoms with Gasteiger partial charge in [0.2, 0.25) is 0 Å². The van der Waals surface area contributed by atoms with Gasteiger partial charge in [-0.15, -0.1) is 11.3 Å². The second kappa shape index (κ2) is 4.18. The second-order valence-corrected chi connectivity index (χ2v) is 4.85. The number of thiophene rings is 1. The quantitative estimate of drug-likeness (QED) is 0.803. The van der Waals surface area contributed by atoms with Gasteiger partial charge in [0.1, 0.15) is 5.84 Å². The number of rotatable bonds is 1. The maximum atomic E-state index is 4.48. The average Bonchev–Trinajstić information content (AvgIpc) is 2.65. The molecule has 0 fully saturated rings. The Bertz CT molecular complexity index is 608. The van der Waals surface area contributed by atoms with Gasteiger partial charge in [-0.1, -0.05) is 18.2 Å². The molecule has 0 saturated heterocycles. The van der Waals surface area contributed by atoms with E-state index in [0.29, 0.717) is 0 Å². The molecule has 3 heteroatoms. The molecule has 1 N–H and O–H groups in total.